The van der Waals surface area contributed by atoms with Gasteiger partial charge < -0.3 is 10.2 Å². The first kappa shape index (κ1) is 18.2. The largest absolute Gasteiger partial charge is 0.353 e. The Labute approximate surface area is 142 Å². The summed E-state index contributed by atoms with van der Waals surface area (Å²) in [5.41, 5.74) is 0.999. The van der Waals surface area contributed by atoms with Crippen molar-refractivity contribution >= 4 is 17.7 Å². The molecule has 1 aliphatic rings. The maximum absolute atomic E-state index is 13.1. The van der Waals surface area contributed by atoms with Gasteiger partial charge in [0.25, 0.3) is 0 Å². The number of carbonyl (C=O) groups is 1. The van der Waals surface area contributed by atoms with Crippen LogP contribution in [-0.4, -0.2) is 67.0 Å². The van der Waals surface area contributed by atoms with E-state index < -0.39 is 0 Å². The first-order valence-electron chi connectivity index (χ1n) is 8.00. The van der Waals surface area contributed by atoms with E-state index in [2.05, 4.69) is 10.2 Å². The monoisotopic (exact) mass is 339 g/mol. The van der Waals surface area contributed by atoms with E-state index >= 15 is 0 Å². The van der Waals surface area contributed by atoms with Gasteiger partial charge in [-0.1, -0.05) is 12.1 Å². The zero-order chi connectivity index (χ0) is 16.8. The number of amides is 1. The molecule has 4 nitrogen and oxygen atoms in total. The topological polar surface area (TPSA) is 35.6 Å². The van der Waals surface area contributed by atoms with E-state index in [1.54, 1.807) is 12.1 Å². The van der Waals surface area contributed by atoms with Crippen molar-refractivity contribution in [2.24, 2.45) is 0 Å². The van der Waals surface area contributed by atoms with Crippen LogP contribution < -0.4 is 5.32 Å². The van der Waals surface area contributed by atoms with Crippen molar-refractivity contribution in [3.63, 3.8) is 0 Å². The first-order chi connectivity index (χ1) is 11.0. The fraction of sp³-hybridized carbons (Fsp3) is 0.588. The number of likely N-dealkylation sites (N-methyl/N-ethyl adjacent to an activating group) is 1. The minimum absolute atomic E-state index is 0.0312. The van der Waals surface area contributed by atoms with Gasteiger partial charge in [-0.3, -0.25) is 9.69 Å². The lowest BCUT2D eigenvalue weighted by Crippen LogP contribution is -2.49. The van der Waals surface area contributed by atoms with Gasteiger partial charge in [-0.15, -0.1) is 0 Å². The summed E-state index contributed by atoms with van der Waals surface area (Å²) in [4.78, 5) is 16.7. The fourth-order valence-electron chi connectivity index (χ4n) is 2.76. The van der Waals surface area contributed by atoms with Crippen LogP contribution in [-0.2, 0) is 4.79 Å². The van der Waals surface area contributed by atoms with Crippen LogP contribution in [0.4, 0.5) is 4.39 Å². The summed E-state index contributed by atoms with van der Waals surface area (Å²) >= 11 is 1.94. The smallest absolute Gasteiger partial charge is 0.237 e. The molecule has 0 aliphatic carbocycles. The third-order valence-corrected chi connectivity index (χ3v) is 5.26. The average Bonchev–Trinajstić information content (AvgIpc) is 2.56. The molecule has 2 atom stereocenters. The van der Waals surface area contributed by atoms with Crippen LogP contribution in [0.3, 0.4) is 0 Å². The number of nitrogens with one attached hydrogen (secondary N) is 1. The zero-order valence-electron chi connectivity index (χ0n) is 14.1. The maximum Gasteiger partial charge on any atom is 0.237 e. The van der Waals surface area contributed by atoms with Gasteiger partial charge in [-0.05, 0) is 38.7 Å². The van der Waals surface area contributed by atoms with E-state index in [-0.39, 0.29) is 23.8 Å². The molecule has 1 aliphatic heterocycles. The third-order valence-electron chi connectivity index (χ3n) is 4.32. The molecule has 0 radical (unpaired) electrons. The van der Waals surface area contributed by atoms with E-state index in [1.807, 2.05) is 37.7 Å². The molecule has 23 heavy (non-hydrogen) atoms. The molecule has 1 heterocycles. The molecule has 0 aromatic heterocycles. The van der Waals surface area contributed by atoms with Crippen molar-refractivity contribution in [2.45, 2.75) is 19.0 Å². The highest BCUT2D eigenvalue weighted by Crippen LogP contribution is 2.18. The summed E-state index contributed by atoms with van der Waals surface area (Å²) in [6, 6.07) is 6.40. The Morgan fingerprint density at radius 1 is 1.30 bits per heavy atom. The van der Waals surface area contributed by atoms with Crippen molar-refractivity contribution in [1.82, 2.24) is 15.1 Å². The van der Waals surface area contributed by atoms with Gasteiger partial charge in [0.05, 0.1) is 12.1 Å². The molecule has 1 aromatic carbocycles. The summed E-state index contributed by atoms with van der Waals surface area (Å²) < 4.78 is 13.1. The SMILES string of the molecule is C[C@H](C(=O)NC[C@H](c1ccc(F)cc1)N(C)C)N1CCSCC1. The molecule has 0 spiro atoms. The standard InChI is InChI=1S/C17H26FN3OS/c1-13(21-8-10-23-11-9-21)17(22)19-12-16(20(2)3)14-4-6-15(18)7-5-14/h4-7,13,16H,8-12H2,1-3H3,(H,19,22)/t13-,16-/m1/s1. The summed E-state index contributed by atoms with van der Waals surface area (Å²) in [7, 11) is 3.93. The molecular formula is C17H26FN3OS. The van der Waals surface area contributed by atoms with Gasteiger partial charge in [0.1, 0.15) is 5.82 Å². The van der Waals surface area contributed by atoms with Crippen molar-refractivity contribution in [1.29, 1.82) is 0 Å². The molecule has 1 aromatic rings. The van der Waals surface area contributed by atoms with Crippen LogP contribution >= 0.6 is 11.8 Å². The zero-order valence-corrected chi connectivity index (χ0v) is 14.9. The van der Waals surface area contributed by atoms with Crippen LogP contribution in [0.2, 0.25) is 0 Å². The second kappa shape index (κ2) is 8.66. The lowest BCUT2D eigenvalue weighted by molar-refractivity contribution is -0.126. The molecule has 1 N–H and O–H groups in total. The van der Waals surface area contributed by atoms with E-state index in [1.165, 1.54) is 12.1 Å². The molecule has 1 fully saturated rings. The molecule has 128 valence electrons. The van der Waals surface area contributed by atoms with Crippen LogP contribution in [0.5, 0.6) is 0 Å². The third kappa shape index (κ3) is 5.19. The summed E-state index contributed by atoms with van der Waals surface area (Å²) in [6.07, 6.45) is 0. The number of halogens is 1. The van der Waals surface area contributed by atoms with Gasteiger partial charge >= 0.3 is 0 Å². The molecule has 0 unspecified atom stereocenters. The normalized spacial score (nSPS) is 18.7. The second-order valence-corrected chi connectivity index (χ2v) is 7.33. The number of thioether (sulfide) groups is 1. The quantitative estimate of drug-likeness (QED) is 0.860. The van der Waals surface area contributed by atoms with Crippen LogP contribution in [0, 0.1) is 5.82 Å². The Kier molecular flexibility index (Phi) is 6.87. The Morgan fingerprint density at radius 3 is 2.48 bits per heavy atom. The molecule has 0 saturated carbocycles. The summed E-state index contributed by atoms with van der Waals surface area (Å²) in [6.45, 7) is 4.42. The molecule has 1 saturated heterocycles. The Bertz CT molecular complexity index is 503. The lowest BCUT2D eigenvalue weighted by atomic mass is 10.1. The molecule has 0 bridgehead atoms. The van der Waals surface area contributed by atoms with Gasteiger partial charge in [-0.2, -0.15) is 11.8 Å². The highest BCUT2D eigenvalue weighted by Gasteiger charge is 2.24. The fourth-order valence-corrected chi connectivity index (χ4v) is 3.69. The van der Waals surface area contributed by atoms with Gasteiger partial charge in [0, 0.05) is 31.1 Å². The van der Waals surface area contributed by atoms with Crippen molar-refractivity contribution in [3.05, 3.63) is 35.6 Å². The maximum atomic E-state index is 13.1. The van der Waals surface area contributed by atoms with E-state index in [4.69, 9.17) is 0 Å². The minimum atomic E-state index is -0.244. The lowest BCUT2D eigenvalue weighted by Gasteiger charge is -2.32. The van der Waals surface area contributed by atoms with Crippen LogP contribution in [0.1, 0.15) is 18.5 Å². The average molecular weight is 339 g/mol. The van der Waals surface area contributed by atoms with Gasteiger partial charge in [-0.25, -0.2) is 4.39 Å². The highest BCUT2D eigenvalue weighted by molar-refractivity contribution is 7.99. The van der Waals surface area contributed by atoms with E-state index in [0.717, 1.165) is 30.2 Å². The number of hydrogen-bond donors (Lipinski definition) is 1. The van der Waals surface area contributed by atoms with Crippen LogP contribution in [0.25, 0.3) is 0 Å². The molecule has 6 heteroatoms. The van der Waals surface area contributed by atoms with Gasteiger partial charge in [0.2, 0.25) is 5.91 Å². The Morgan fingerprint density at radius 2 is 1.91 bits per heavy atom. The van der Waals surface area contributed by atoms with E-state index in [0.29, 0.717) is 6.54 Å². The predicted octanol–water partition coefficient (Wildman–Crippen LogP) is 1.98. The number of benzene rings is 1. The van der Waals surface area contributed by atoms with E-state index in [9.17, 15) is 9.18 Å². The van der Waals surface area contributed by atoms with Gasteiger partial charge in [0.15, 0.2) is 0 Å². The number of nitrogens with zero attached hydrogens (tertiary/aromatic N) is 2. The summed E-state index contributed by atoms with van der Waals surface area (Å²) in [5, 5.41) is 3.05. The molecular weight excluding hydrogens is 313 g/mol. The summed E-state index contributed by atoms with van der Waals surface area (Å²) in [5.74, 6) is 2.00. The molecule has 2 rings (SSSR count). The first-order valence-corrected chi connectivity index (χ1v) is 9.16. The number of carbonyl (C=O) groups excluding carboxylic acids is 1. The minimum Gasteiger partial charge on any atom is -0.353 e. The Hall–Kier alpha value is -1.11. The van der Waals surface area contributed by atoms with Crippen molar-refractivity contribution in [2.75, 3.05) is 45.2 Å². The Balaban J connectivity index is 1.92. The number of rotatable bonds is 6. The second-order valence-electron chi connectivity index (χ2n) is 6.10. The molecule has 1 amide bonds. The van der Waals surface area contributed by atoms with Crippen molar-refractivity contribution in [3.8, 4) is 0 Å². The van der Waals surface area contributed by atoms with Crippen molar-refractivity contribution < 1.29 is 9.18 Å². The highest BCUT2D eigenvalue weighted by atomic mass is 32.2. The van der Waals surface area contributed by atoms with Crippen LogP contribution in [0.15, 0.2) is 24.3 Å². The number of hydrogen-bond acceptors (Lipinski definition) is 4. The predicted molar refractivity (Wildman–Crippen MR) is 94.2 cm³/mol.